The summed E-state index contributed by atoms with van der Waals surface area (Å²) >= 11 is 0. The summed E-state index contributed by atoms with van der Waals surface area (Å²) in [6.45, 7) is 6.95. The molecule has 0 aromatic carbocycles. The highest BCUT2D eigenvalue weighted by molar-refractivity contribution is 5.09. The average Bonchev–Trinajstić information content (AvgIpc) is 1.94. The molecule has 4 fully saturated rings. The molecule has 4 aliphatic carbocycles. The Kier molecular flexibility index (Phi) is 1.89. The maximum atomic E-state index is 10.9. The van der Waals surface area contributed by atoms with Crippen molar-refractivity contribution in [3.8, 4) is 0 Å². The van der Waals surface area contributed by atoms with E-state index in [-0.39, 0.29) is 11.0 Å². The molecule has 4 rings (SSSR count). The highest BCUT2D eigenvalue weighted by Crippen LogP contribution is 2.62. The third kappa shape index (κ3) is 1.39. The van der Waals surface area contributed by atoms with Crippen LogP contribution >= 0.6 is 0 Å². The van der Waals surface area contributed by atoms with E-state index in [0.29, 0.717) is 5.92 Å². The van der Waals surface area contributed by atoms with Gasteiger partial charge >= 0.3 is 0 Å². The van der Waals surface area contributed by atoms with Gasteiger partial charge in [-0.05, 0) is 61.2 Å². The van der Waals surface area contributed by atoms with Gasteiger partial charge in [0.1, 0.15) is 0 Å². The number of aliphatic hydroxyl groups is 1. The Morgan fingerprint density at radius 2 is 1.53 bits per heavy atom. The molecule has 0 heterocycles. The zero-order valence-corrected chi connectivity index (χ0v) is 10.3. The van der Waals surface area contributed by atoms with Crippen LogP contribution < -0.4 is 0 Å². The fourth-order valence-corrected chi connectivity index (χ4v) is 5.51. The van der Waals surface area contributed by atoms with E-state index in [1.165, 1.54) is 19.3 Å². The van der Waals surface area contributed by atoms with Crippen molar-refractivity contribution in [1.82, 2.24) is 0 Å². The molecular formula is C14H24O. The molecule has 1 N–H and O–H groups in total. The Bertz CT molecular complexity index is 262. The molecule has 15 heavy (non-hydrogen) atoms. The minimum atomic E-state index is -0.299. The fraction of sp³-hybridized carbons (Fsp3) is 1.00. The van der Waals surface area contributed by atoms with Crippen LogP contribution in [0, 0.1) is 29.1 Å². The number of rotatable bonds is 0. The zero-order chi connectivity index (χ0) is 10.8. The summed E-state index contributed by atoms with van der Waals surface area (Å²) in [6.07, 6.45) is 6.42. The third-order valence-corrected chi connectivity index (χ3v) is 5.21. The minimum absolute atomic E-state index is 0.284. The Balaban J connectivity index is 1.96. The van der Waals surface area contributed by atoms with Gasteiger partial charge in [0.2, 0.25) is 0 Å². The smallest absolute Gasteiger partial charge is 0.0688 e. The number of hydrogen-bond acceptors (Lipinski definition) is 1. The highest BCUT2D eigenvalue weighted by atomic mass is 16.3. The van der Waals surface area contributed by atoms with Crippen molar-refractivity contribution < 1.29 is 5.11 Å². The van der Waals surface area contributed by atoms with Gasteiger partial charge in [-0.1, -0.05) is 20.8 Å². The van der Waals surface area contributed by atoms with Crippen molar-refractivity contribution in [1.29, 1.82) is 0 Å². The van der Waals surface area contributed by atoms with Gasteiger partial charge in [-0.2, -0.15) is 0 Å². The van der Waals surface area contributed by atoms with Gasteiger partial charge in [0.05, 0.1) is 5.60 Å². The van der Waals surface area contributed by atoms with Gasteiger partial charge in [-0.3, -0.25) is 0 Å². The normalized spacial score (nSPS) is 53.6. The van der Waals surface area contributed by atoms with E-state index in [1.54, 1.807) is 0 Å². The zero-order valence-electron chi connectivity index (χ0n) is 10.3. The molecule has 4 saturated carbocycles. The third-order valence-electron chi connectivity index (χ3n) is 5.21. The molecule has 5 atom stereocenters. The lowest BCUT2D eigenvalue weighted by Gasteiger charge is -2.62. The van der Waals surface area contributed by atoms with Crippen molar-refractivity contribution in [2.45, 2.75) is 58.5 Å². The first-order chi connectivity index (χ1) is 6.88. The van der Waals surface area contributed by atoms with Crippen LogP contribution in [0.5, 0.6) is 0 Å². The molecule has 0 spiro atoms. The molecule has 0 aromatic rings. The molecule has 0 aliphatic heterocycles. The molecule has 1 nitrogen and oxygen atoms in total. The summed E-state index contributed by atoms with van der Waals surface area (Å²) in [7, 11) is 0. The summed E-state index contributed by atoms with van der Waals surface area (Å²) in [6, 6.07) is 0. The first kappa shape index (κ1) is 10.1. The van der Waals surface area contributed by atoms with Crippen LogP contribution in [0.15, 0.2) is 0 Å². The Morgan fingerprint density at radius 3 is 1.93 bits per heavy atom. The summed E-state index contributed by atoms with van der Waals surface area (Å²) in [5.41, 5.74) is -0.0142. The van der Waals surface area contributed by atoms with Crippen LogP contribution in [0.3, 0.4) is 0 Å². The van der Waals surface area contributed by atoms with E-state index >= 15 is 0 Å². The second-order valence-electron chi connectivity index (χ2n) is 7.55. The van der Waals surface area contributed by atoms with E-state index < -0.39 is 0 Å². The molecule has 4 aliphatic rings. The van der Waals surface area contributed by atoms with Crippen molar-refractivity contribution in [3.63, 3.8) is 0 Å². The number of hydrogen-bond donors (Lipinski definition) is 1. The van der Waals surface area contributed by atoms with E-state index in [2.05, 4.69) is 20.8 Å². The molecule has 86 valence electrons. The first-order valence-corrected chi connectivity index (χ1v) is 6.61. The second-order valence-corrected chi connectivity index (χ2v) is 7.55. The lowest BCUT2D eigenvalue weighted by Crippen LogP contribution is -2.60. The molecule has 0 amide bonds. The van der Waals surface area contributed by atoms with Crippen molar-refractivity contribution >= 4 is 0 Å². The van der Waals surface area contributed by atoms with Crippen LogP contribution in [-0.2, 0) is 0 Å². The maximum absolute atomic E-state index is 10.9. The van der Waals surface area contributed by atoms with Gasteiger partial charge in [0.25, 0.3) is 0 Å². The summed E-state index contributed by atoms with van der Waals surface area (Å²) < 4.78 is 0. The average molecular weight is 208 g/mol. The summed E-state index contributed by atoms with van der Waals surface area (Å²) in [5.74, 6) is 3.08. The molecule has 0 saturated heterocycles. The van der Waals surface area contributed by atoms with E-state index in [0.717, 1.165) is 30.6 Å². The van der Waals surface area contributed by atoms with Gasteiger partial charge in [-0.25, -0.2) is 0 Å². The van der Waals surface area contributed by atoms with Gasteiger partial charge < -0.3 is 5.11 Å². The van der Waals surface area contributed by atoms with Crippen LogP contribution in [0.2, 0.25) is 0 Å². The Morgan fingerprint density at radius 1 is 1.00 bits per heavy atom. The maximum Gasteiger partial charge on any atom is 0.0688 e. The lowest BCUT2D eigenvalue weighted by molar-refractivity contribution is -0.200. The predicted octanol–water partition coefficient (Wildman–Crippen LogP) is 3.22. The van der Waals surface area contributed by atoms with E-state index in [4.69, 9.17) is 0 Å². The standard InChI is InChI=1S/C14H24O/c1-13(2,3)12-11-5-9-4-10(6-11)8-14(12,15)7-9/h9-12,15H,4-8H2,1-3H3/t9-,10?,11?,12?,14+/m1/s1. The van der Waals surface area contributed by atoms with Crippen LogP contribution in [0.25, 0.3) is 0 Å². The second kappa shape index (κ2) is 2.80. The van der Waals surface area contributed by atoms with Crippen LogP contribution in [0.1, 0.15) is 52.9 Å². The molecule has 0 radical (unpaired) electrons. The predicted molar refractivity (Wildman–Crippen MR) is 61.4 cm³/mol. The fourth-order valence-electron chi connectivity index (χ4n) is 5.51. The molecule has 0 aromatic heterocycles. The largest absolute Gasteiger partial charge is 0.390 e. The van der Waals surface area contributed by atoms with Crippen molar-refractivity contribution in [2.24, 2.45) is 29.1 Å². The van der Waals surface area contributed by atoms with Crippen molar-refractivity contribution in [2.75, 3.05) is 0 Å². The van der Waals surface area contributed by atoms with E-state index in [1.807, 2.05) is 0 Å². The van der Waals surface area contributed by atoms with Gasteiger partial charge in [-0.15, -0.1) is 0 Å². The van der Waals surface area contributed by atoms with Gasteiger partial charge in [0, 0.05) is 0 Å². The monoisotopic (exact) mass is 208 g/mol. The highest BCUT2D eigenvalue weighted by Gasteiger charge is 2.59. The summed E-state index contributed by atoms with van der Waals surface area (Å²) in [5, 5.41) is 10.9. The molecule has 3 unspecified atom stereocenters. The molecular weight excluding hydrogens is 184 g/mol. The van der Waals surface area contributed by atoms with E-state index in [9.17, 15) is 5.11 Å². The Labute approximate surface area is 93.3 Å². The quantitative estimate of drug-likeness (QED) is 0.648. The minimum Gasteiger partial charge on any atom is -0.390 e. The molecule has 4 bridgehead atoms. The van der Waals surface area contributed by atoms with Crippen LogP contribution in [0.4, 0.5) is 0 Å². The lowest BCUT2D eigenvalue weighted by atomic mass is 9.45. The van der Waals surface area contributed by atoms with Crippen LogP contribution in [-0.4, -0.2) is 10.7 Å². The first-order valence-electron chi connectivity index (χ1n) is 6.61. The Hall–Kier alpha value is -0.0400. The molecule has 1 heteroatoms. The SMILES string of the molecule is CC(C)(C)C1C2CC3C[C@H](C2)C[C@]1(O)C3. The summed E-state index contributed by atoms with van der Waals surface area (Å²) in [4.78, 5) is 0. The van der Waals surface area contributed by atoms with Gasteiger partial charge in [0.15, 0.2) is 0 Å². The topological polar surface area (TPSA) is 20.2 Å². The van der Waals surface area contributed by atoms with Crippen molar-refractivity contribution in [3.05, 3.63) is 0 Å².